The average molecular weight is 221 g/mol. The Labute approximate surface area is 70.0 Å². The molecule has 0 heterocycles. The summed E-state index contributed by atoms with van der Waals surface area (Å²) in [4.78, 5) is 0. The standard InChI is InChI=1S/C7H16.Sn.2H/c1-6(2)5-7(3)4;;;/h6-7H,5H2,1-4H3;;;. The summed E-state index contributed by atoms with van der Waals surface area (Å²) >= 11 is 0. The van der Waals surface area contributed by atoms with Crippen LogP contribution in [0.1, 0.15) is 34.1 Å². The molecule has 1 heteroatoms. The van der Waals surface area contributed by atoms with Gasteiger partial charge in [0.25, 0.3) is 0 Å². The second-order valence-corrected chi connectivity index (χ2v) is 3.02. The quantitative estimate of drug-likeness (QED) is 0.623. The summed E-state index contributed by atoms with van der Waals surface area (Å²) in [6.07, 6.45) is 1.36. The van der Waals surface area contributed by atoms with Gasteiger partial charge in [-0.15, -0.1) is 0 Å². The molecule has 0 aliphatic rings. The third-order valence-corrected chi connectivity index (χ3v) is 0.943. The van der Waals surface area contributed by atoms with Gasteiger partial charge in [-0.3, -0.25) is 0 Å². The molecular formula is C7H18Sn. The maximum absolute atomic E-state index is 2.26. The Balaban J connectivity index is 0. The van der Waals surface area contributed by atoms with Gasteiger partial charge in [-0.05, 0) is 18.3 Å². The molecule has 0 aromatic carbocycles. The first kappa shape index (κ1) is 11.6. The van der Waals surface area contributed by atoms with Gasteiger partial charge in [-0.25, -0.2) is 0 Å². The van der Waals surface area contributed by atoms with E-state index in [-0.39, 0.29) is 23.9 Å². The van der Waals surface area contributed by atoms with Gasteiger partial charge in [0.15, 0.2) is 0 Å². The molecule has 0 rings (SSSR count). The van der Waals surface area contributed by atoms with E-state index in [0.717, 1.165) is 11.8 Å². The van der Waals surface area contributed by atoms with Crippen LogP contribution >= 0.6 is 0 Å². The summed E-state index contributed by atoms with van der Waals surface area (Å²) in [6.45, 7) is 9.06. The Morgan fingerprint density at radius 2 is 1.12 bits per heavy atom. The van der Waals surface area contributed by atoms with Crippen LogP contribution in [0.25, 0.3) is 0 Å². The molecule has 0 N–H and O–H groups in total. The van der Waals surface area contributed by atoms with Crippen molar-refractivity contribution in [1.82, 2.24) is 0 Å². The summed E-state index contributed by atoms with van der Waals surface area (Å²) in [7, 11) is 0. The molecule has 0 aliphatic heterocycles. The predicted octanol–water partition coefficient (Wildman–Crippen LogP) is 1.77. The third-order valence-electron chi connectivity index (χ3n) is 0.943. The number of hydrogen-bond acceptors (Lipinski definition) is 0. The van der Waals surface area contributed by atoms with Crippen molar-refractivity contribution in [3.63, 3.8) is 0 Å². The molecular weight excluding hydrogens is 203 g/mol. The van der Waals surface area contributed by atoms with E-state index in [2.05, 4.69) is 27.7 Å². The van der Waals surface area contributed by atoms with Crippen molar-refractivity contribution in [3.8, 4) is 0 Å². The van der Waals surface area contributed by atoms with Crippen molar-refractivity contribution in [2.45, 2.75) is 34.1 Å². The van der Waals surface area contributed by atoms with Gasteiger partial charge < -0.3 is 0 Å². The summed E-state index contributed by atoms with van der Waals surface area (Å²) in [5.74, 6) is 1.75. The molecule has 0 nitrogen and oxygen atoms in total. The Hall–Kier alpha value is 0.799. The monoisotopic (exact) mass is 222 g/mol. The van der Waals surface area contributed by atoms with E-state index in [1.165, 1.54) is 6.42 Å². The molecule has 8 heavy (non-hydrogen) atoms. The summed E-state index contributed by atoms with van der Waals surface area (Å²) in [6, 6.07) is 0. The van der Waals surface area contributed by atoms with E-state index >= 15 is 0 Å². The average Bonchev–Trinajstić information content (AvgIpc) is 1.27. The van der Waals surface area contributed by atoms with Gasteiger partial charge in [0.05, 0.1) is 0 Å². The maximum atomic E-state index is 2.26. The molecule has 0 fully saturated rings. The Morgan fingerprint density at radius 3 is 1.12 bits per heavy atom. The van der Waals surface area contributed by atoms with Crippen molar-refractivity contribution in [3.05, 3.63) is 0 Å². The molecule has 0 saturated heterocycles. The van der Waals surface area contributed by atoms with Crippen LogP contribution in [-0.2, 0) is 0 Å². The van der Waals surface area contributed by atoms with Crippen LogP contribution in [-0.4, -0.2) is 23.9 Å². The topological polar surface area (TPSA) is 0 Å². The van der Waals surface area contributed by atoms with Gasteiger partial charge in [0.1, 0.15) is 0 Å². The zero-order chi connectivity index (χ0) is 5.86. The number of hydrogen-bond donors (Lipinski definition) is 0. The molecule has 50 valence electrons. The van der Waals surface area contributed by atoms with Crippen molar-refractivity contribution >= 4 is 23.9 Å². The molecule has 0 unspecified atom stereocenters. The van der Waals surface area contributed by atoms with Crippen LogP contribution in [0.2, 0.25) is 0 Å². The third kappa shape index (κ3) is 9.93. The second-order valence-electron chi connectivity index (χ2n) is 3.02. The zero-order valence-corrected chi connectivity index (χ0v) is 10.6. The van der Waals surface area contributed by atoms with E-state index in [9.17, 15) is 0 Å². The normalized spacial score (nSPS) is 9.75. The van der Waals surface area contributed by atoms with E-state index in [1.54, 1.807) is 0 Å². The summed E-state index contributed by atoms with van der Waals surface area (Å²) in [5, 5.41) is 0. The van der Waals surface area contributed by atoms with E-state index < -0.39 is 0 Å². The van der Waals surface area contributed by atoms with Gasteiger partial charge in [-0.1, -0.05) is 27.7 Å². The van der Waals surface area contributed by atoms with Crippen LogP contribution in [0.3, 0.4) is 0 Å². The van der Waals surface area contributed by atoms with Crippen molar-refractivity contribution in [2.24, 2.45) is 11.8 Å². The second kappa shape index (κ2) is 5.93. The van der Waals surface area contributed by atoms with Crippen LogP contribution in [0.4, 0.5) is 0 Å². The van der Waals surface area contributed by atoms with Crippen molar-refractivity contribution in [2.75, 3.05) is 0 Å². The van der Waals surface area contributed by atoms with Gasteiger partial charge in [0, 0.05) is 0 Å². The molecule has 0 bridgehead atoms. The van der Waals surface area contributed by atoms with Crippen molar-refractivity contribution in [1.29, 1.82) is 0 Å². The molecule has 2 radical (unpaired) electrons. The predicted molar refractivity (Wildman–Crippen MR) is 42.8 cm³/mol. The molecule has 0 spiro atoms. The fourth-order valence-electron chi connectivity index (χ4n) is 0.943. The first-order valence-electron chi connectivity index (χ1n) is 3.13. The molecule has 0 atom stereocenters. The minimum absolute atomic E-state index is 0. The molecule has 0 aromatic rings. The van der Waals surface area contributed by atoms with E-state index in [1.807, 2.05) is 0 Å². The fourth-order valence-corrected chi connectivity index (χ4v) is 0.943. The number of rotatable bonds is 2. The van der Waals surface area contributed by atoms with E-state index in [4.69, 9.17) is 0 Å². The first-order chi connectivity index (χ1) is 3.13. The van der Waals surface area contributed by atoms with Crippen LogP contribution in [0.5, 0.6) is 0 Å². The Kier molecular flexibility index (Phi) is 8.58. The summed E-state index contributed by atoms with van der Waals surface area (Å²) in [5.41, 5.74) is 0. The van der Waals surface area contributed by atoms with Gasteiger partial charge in [0.2, 0.25) is 0 Å². The Bertz CT molecular complexity index is 33.7. The summed E-state index contributed by atoms with van der Waals surface area (Å²) < 4.78 is 0. The van der Waals surface area contributed by atoms with Crippen LogP contribution < -0.4 is 0 Å². The van der Waals surface area contributed by atoms with Gasteiger partial charge >= 0.3 is 23.9 Å². The fraction of sp³-hybridized carbons (Fsp3) is 1.00. The van der Waals surface area contributed by atoms with Gasteiger partial charge in [-0.2, -0.15) is 0 Å². The van der Waals surface area contributed by atoms with E-state index in [0.29, 0.717) is 0 Å². The first-order valence-corrected chi connectivity index (χ1v) is 3.13. The van der Waals surface area contributed by atoms with Crippen molar-refractivity contribution < 1.29 is 0 Å². The minimum atomic E-state index is 0. The molecule has 0 amide bonds. The molecule has 0 aromatic heterocycles. The SMILES string of the molecule is CC(C)CC(C)C.[SnH2]. The molecule has 0 aliphatic carbocycles. The zero-order valence-electron chi connectivity index (χ0n) is 6.57. The van der Waals surface area contributed by atoms with Crippen LogP contribution in [0, 0.1) is 11.8 Å². The Morgan fingerprint density at radius 1 is 0.875 bits per heavy atom. The molecule has 0 saturated carbocycles. The van der Waals surface area contributed by atoms with Crippen LogP contribution in [0.15, 0.2) is 0 Å².